The lowest BCUT2D eigenvalue weighted by atomic mass is 10.1. The molecule has 2 N–H and O–H groups in total. The highest BCUT2D eigenvalue weighted by Gasteiger charge is 2.07. The monoisotopic (exact) mass is 265 g/mol. The maximum atomic E-state index is 5.87. The van der Waals surface area contributed by atoms with Crippen LogP contribution in [0.2, 0.25) is 0 Å². The van der Waals surface area contributed by atoms with E-state index in [1.54, 1.807) is 12.4 Å². The maximum Gasteiger partial charge on any atom is 0.219 e. The lowest BCUT2D eigenvalue weighted by molar-refractivity contribution is 0.465. The van der Waals surface area contributed by atoms with E-state index in [2.05, 4.69) is 9.97 Å². The van der Waals surface area contributed by atoms with E-state index < -0.39 is 0 Å². The molecule has 3 rings (SSSR count). The number of fused-ring (bicyclic) bond motifs is 1. The molecular formula is C16H15N3O. The molecule has 0 radical (unpaired) electrons. The van der Waals surface area contributed by atoms with E-state index in [0.29, 0.717) is 11.6 Å². The molecule has 1 aromatic carbocycles. The molecule has 0 saturated carbocycles. The molecule has 100 valence electrons. The van der Waals surface area contributed by atoms with Crippen molar-refractivity contribution in [2.45, 2.75) is 13.0 Å². The second kappa shape index (κ2) is 5.27. The van der Waals surface area contributed by atoms with E-state index in [-0.39, 0.29) is 6.04 Å². The number of aromatic nitrogens is 2. The van der Waals surface area contributed by atoms with Gasteiger partial charge in [-0.1, -0.05) is 18.2 Å². The fourth-order valence-electron chi connectivity index (χ4n) is 2.04. The number of benzene rings is 1. The van der Waals surface area contributed by atoms with Gasteiger partial charge in [0.2, 0.25) is 5.88 Å². The Morgan fingerprint density at radius 1 is 1.05 bits per heavy atom. The fraction of sp³-hybridized carbons (Fsp3) is 0.125. The van der Waals surface area contributed by atoms with Crippen molar-refractivity contribution in [1.29, 1.82) is 0 Å². The summed E-state index contributed by atoms with van der Waals surface area (Å²) in [5.41, 5.74) is 7.68. The average molecular weight is 265 g/mol. The van der Waals surface area contributed by atoms with Crippen LogP contribution in [0, 0.1) is 0 Å². The molecule has 0 amide bonds. The summed E-state index contributed by atoms with van der Waals surface area (Å²) in [6, 6.07) is 13.4. The summed E-state index contributed by atoms with van der Waals surface area (Å²) in [6.45, 7) is 1.93. The molecule has 2 heterocycles. The molecule has 20 heavy (non-hydrogen) atoms. The molecule has 0 spiro atoms. The van der Waals surface area contributed by atoms with Gasteiger partial charge in [0.05, 0.1) is 0 Å². The summed E-state index contributed by atoms with van der Waals surface area (Å²) < 4.78 is 5.85. The number of rotatable bonds is 3. The molecular weight excluding hydrogens is 250 g/mol. The van der Waals surface area contributed by atoms with Crippen molar-refractivity contribution in [3.63, 3.8) is 0 Å². The molecule has 0 aliphatic rings. The van der Waals surface area contributed by atoms with Crippen molar-refractivity contribution in [2.24, 2.45) is 5.73 Å². The van der Waals surface area contributed by atoms with Gasteiger partial charge in [-0.15, -0.1) is 0 Å². The van der Waals surface area contributed by atoms with Crippen LogP contribution in [0.1, 0.15) is 18.5 Å². The Kier molecular flexibility index (Phi) is 3.31. The van der Waals surface area contributed by atoms with Crippen LogP contribution in [0.15, 0.2) is 54.9 Å². The van der Waals surface area contributed by atoms with E-state index >= 15 is 0 Å². The van der Waals surface area contributed by atoms with Crippen LogP contribution >= 0.6 is 0 Å². The quantitative estimate of drug-likeness (QED) is 0.788. The van der Waals surface area contributed by atoms with E-state index in [9.17, 15) is 0 Å². The van der Waals surface area contributed by atoms with Crippen molar-refractivity contribution < 1.29 is 4.74 Å². The zero-order chi connectivity index (χ0) is 13.9. The third-order valence-electron chi connectivity index (χ3n) is 3.09. The largest absolute Gasteiger partial charge is 0.437 e. The second-order valence-electron chi connectivity index (χ2n) is 4.65. The first kappa shape index (κ1) is 12.6. The third-order valence-corrected chi connectivity index (χ3v) is 3.09. The predicted molar refractivity (Wildman–Crippen MR) is 78.7 cm³/mol. The van der Waals surface area contributed by atoms with Crippen LogP contribution in [-0.2, 0) is 0 Å². The standard InChI is InChI=1S/C16H15N3O/c1-11(17)13-7-9-18-15(10-13)20-14-6-2-4-12-5-3-8-19-16(12)14/h2-11H,17H2,1H3/t11-/m1/s1. The van der Waals surface area contributed by atoms with Gasteiger partial charge < -0.3 is 10.5 Å². The highest BCUT2D eigenvalue weighted by molar-refractivity contribution is 5.84. The number of ether oxygens (including phenoxy) is 1. The first-order valence-corrected chi connectivity index (χ1v) is 6.47. The van der Waals surface area contributed by atoms with Gasteiger partial charge >= 0.3 is 0 Å². The summed E-state index contributed by atoms with van der Waals surface area (Å²) in [4.78, 5) is 8.58. The molecule has 4 nitrogen and oxygen atoms in total. The minimum Gasteiger partial charge on any atom is -0.437 e. The normalized spacial score (nSPS) is 12.3. The van der Waals surface area contributed by atoms with Crippen LogP contribution in [0.5, 0.6) is 11.6 Å². The van der Waals surface area contributed by atoms with Crippen LogP contribution in [0.4, 0.5) is 0 Å². The van der Waals surface area contributed by atoms with Crippen molar-refractivity contribution in [1.82, 2.24) is 9.97 Å². The Hall–Kier alpha value is -2.46. The minimum absolute atomic E-state index is 0.0500. The number of nitrogens with zero attached hydrogens (tertiary/aromatic N) is 2. The Morgan fingerprint density at radius 2 is 1.90 bits per heavy atom. The van der Waals surface area contributed by atoms with Gasteiger partial charge in [0.25, 0.3) is 0 Å². The lowest BCUT2D eigenvalue weighted by Crippen LogP contribution is -2.05. The molecule has 4 heteroatoms. The zero-order valence-corrected chi connectivity index (χ0v) is 11.2. The minimum atomic E-state index is -0.0500. The van der Waals surface area contributed by atoms with Crippen LogP contribution in [0.25, 0.3) is 10.9 Å². The van der Waals surface area contributed by atoms with E-state index in [4.69, 9.17) is 10.5 Å². The first-order valence-electron chi connectivity index (χ1n) is 6.47. The Balaban J connectivity index is 1.99. The molecule has 3 aromatic rings. The predicted octanol–water partition coefficient (Wildman–Crippen LogP) is 3.44. The number of hydrogen-bond acceptors (Lipinski definition) is 4. The van der Waals surface area contributed by atoms with Gasteiger partial charge in [0.15, 0.2) is 5.75 Å². The Labute approximate surface area is 117 Å². The third kappa shape index (κ3) is 2.46. The van der Waals surface area contributed by atoms with Crippen LogP contribution in [-0.4, -0.2) is 9.97 Å². The smallest absolute Gasteiger partial charge is 0.219 e. The summed E-state index contributed by atoms with van der Waals surface area (Å²) in [5.74, 6) is 1.22. The summed E-state index contributed by atoms with van der Waals surface area (Å²) in [6.07, 6.45) is 3.45. The summed E-state index contributed by atoms with van der Waals surface area (Å²) in [7, 11) is 0. The first-order chi connectivity index (χ1) is 9.74. The molecule has 0 unspecified atom stereocenters. The molecule has 0 aliphatic carbocycles. The summed E-state index contributed by atoms with van der Waals surface area (Å²) >= 11 is 0. The van der Waals surface area contributed by atoms with Gasteiger partial charge in [-0.3, -0.25) is 4.98 Å². The number of hydrogen-bond donors (Lipinski definition) is 1. The Morgan fingerprint density at radius 3 is 2.75 bits per heavy atom. The fourth-order valence-corrected chi connectivity index (χ4v) is 2.04. The Bertz CT molecular complexity index is 735. The molecule has 2 aromatic heterocycles. The van der Waals surface area contributed by atoms with Gasteiger partial charge in [-0.2, -0.15) is 0 Å². The highest BCUT2D eigenvalue weighted by Crippen LogP contribution is 2.27. The molecule has 0 fully saturated rings. The SMILES string of the molecule is C[C@@H](N)c1ccnc(Oc2cccc3cccnc23)c1. The zero-order valence-electron chi connectivity index (χ0n) is 11.2. The van der Waals surface area contributed by atoms with E-state index in [1.807, 2.05) is 49.4 Å². The lowest BCUT2D eigenvalue weighted by Gasteiger charge is -2.10. The van der Waals surface area contributed by atoms with Crippen molar-refractivity contribution >= 4 is 10.9 Å². The number of pyridine rings is 2. The second-order valence-corrected chi connectivity index (χ2v) is 4.65. The number of para-hydroxylation sites is 1. The van der Waals surface area contributed by atoms with Gasteiger partial charge in [0.1, 0.15) is 5.52 Å². The molecule has 0 saturated heterocycles. The van der Waals surface area contributed by atoms with Gasteiger partial charge in [-0.25, -0.2) is 4.98 Å². The van der Waals surface area contributed by atoms with Crippen molar-refractivity contribution in [3.8, 4) is 11.6 Å². The van der Waals surface area contributed by atoms with Crippen LogP contribution in [0.3, 0.4) is 0 Å². The maximum absolute atomic E-state index is 5.87. The van der Waals surface area contributed by atoms with Crippen LogP contribution < -0.4 is 10.5 Å². The molecule has 0 bridgehead atoms. The van der Waals surface area contributed by atoms with E-state index in [1.165, 1.54) is 0 Å². The van der Waals surface area contributed by atoms with E-state index in [0.717, 1.165) is 16.5 Å². The average Bonchev–Trinajstić information content (AvgIpc) is 2.48. The van der Waals surface area contributed by atoms with Gasteiger partial charge in [-0.05, 0) is 30.7 Å². The molecule has 1 atom stereocenters. The summed E-state index contributed by atoms with van der Waals surface area (Å²) in [5, 5.41) is 1.04. The molecule has 0 aliphatic heterocycles. The van der Waals surface area contributed by atoms with Gasteiger partial charge in [0, 0.05) is 29.9 Å². The topological polar surface area (TPSA) is 61.0 Å². The highest BCUT2D eigenvalue weighted by atomic mass is 16.5. The van der Waals surface area contributed by atoms with Crippen molar-refractivity contribution in [3.05, 3.63) is 60.4 Å². The van der Waals surface area contributed by atoms with Crippen molar-refractivity contribution in [2.75, 3.05) is 0 Å². The number of nitrogens with two attached hydrogens (primary N) is 1.